The Balaban J connectivity index is 1.62. The highest BCUT2D eigenvalue weighted by Gasteiger charge is 2.28. The molecule has 1 aliphatic heterocycles. The van der Waals surface area contributed by atoms with Gasteiger partial charge in [0.25, 0.3) is 0 Å². The van der Waals surface area contributed by atoms with Crippen molar-refractivity contribution < 1.29 is 13.2 Å². The zero-order valence-corrected chi connectivity index (χ0v) is 15.6. The van der Waals surface area contributed by atoms with E-state index in [1.165, 1.54) is 12.5 Å². The lowest BCUT2D eigenvalue weighted by Gasteiger charge is -2.26. The van der Waals surface area contributed by atoms with E-state index >= 15 is 0 Å². The Morgan fingerprint density at radius 1 is 1.12 bits per heavy atom. The fourth-order valence-electron chi connectivity index (χ4n) is 4.00. The second-order valence-electron chi connectivity index (χ2n) is 6.98. The normalized spacial score (nSPS) is 19.1. The summed E-state index contributed by atoms with van der Waals surface area (Å²) >= 11 is 0. The number of carbonyl (C=O) groups excluding carboxylic acids is 1. The molecule has 1 N–H and O–H groups in total. The fourth-order valence-corrected chi connectivity index (χ4v) is 5.30. The summed E-state index contributed by atoms with van der Waals surface area (Å²) in [6.07, 6.45) is 3.46. The fraction of sp³-hybridized carbons (Fsp3) is 0.350. The number of nitrogens with one attached hydrogen (secondary N) is 1. The Hall–Kier alpha value is -2.18. The van der Waals surface area contributed by atoms with Crippen LogP contribution in [0, 0.1) is 0 Å². The van der Waals surface area contributed by atoms with E-state index in [9.17, 15) is 13.2 Å². The zero-order valence-electron chi connectivity index (χ0n) is 14.7. The van der Waals surface area contributed by atoms with Gasteiger partial charge < -0.3 is 4.90 Å². The monoisotopic (exact) mass is 370 g/mol. The van der Waals surface area contributed by atoms with Gasteiger partial charge in [-0.15, -0.1) is 0 Å². The molecule has 5 nitrogen and oxygen atoms in total. The molecule has 1 aliphatic carbocycles. The second kappa shape index (κ2) is 6.52. The second-order valence-corrected chi connectivity index (χ2v) is 8.69. The predicted octanol–water partition coefficient (Wildman–Crippen LogP) is 2.95. The van der Waals surface area contributed by atoms with Crippen molar-refractivity contribution in [3.05, 3.63) is 59.2 Å². The van der Waals surface area contributed by atoms with E-state index in [1.54, 1.807) is 23.1 Å². The van der Waals surface area contributed by atoms with Crippen molar-refractivity contribution in [1.29, 1.82) is 0 Å². The summed E-state index contributed by atoms with van der Waals surface area (Å²) in [4.78, 5) is 13.6. The molecule has 0 unspecified atom stereocenters. The van der Waals surface area contributed by atoms with E-state index in [1.807, 2.05) is 18.2 Å². The molecule has 26 heavy (non-hydrogen) atoms. The van der Waals surface area contributed by atoms with Gasteiger partial charge in [-0.05, 0) is 60.6 Å². The molecule has 1 atom stereocenters. The van der Waals surface area contributed by atoms with Gasteiger partial charge in [0.05, 0.1) is 4.90 Å². The van der Waals surface area contributed by atoms with Crippen molar-refractivity contribution in [2.24, 2.45) is 0 Å². The van der Waals surface area contributed by atoms with E-state index in [2.05, 4.69) is 10.8 Å². The highest BCUT2D eigenvalue weighted by Crippen LogP contribution is 2.33. The molecular weight excluding hydrogens is 348 g/mol. The van der Waals surface area contributed by atoms with Crippen LogP contribution in [0.4, 0.5) is 5.69 Å². The number of sulfonamides is 1. The van der Waals surface area contributed by atoms with Gasteiger partial charge >= 0.3 is 0 Å². The number of carbonyl (C=O) groups is 1. The minimum Gasteiger partial charge on any atom is -0.312 e. The molecule has 0 aromatic heterocycles. The average molecular weight is 370 g/mol. The van der Waals surface area contributed by atoms with Crippen LogP contribution in [0.3, 0.4) is 0 Å². The van der Waals surface area contributed by atoms with Gasteiger partial charge in [0, 0.05) is 25.2 Å². The minimum absolute atomic E-state index is 0.0173. The van der Waals surface area contributed by atoms with Crippen molar-refractivity contribution in [3.63, 3.8) is 0 Å². The van der Waals surface area contributed by atoms with Crippen molar-refractivity contribution in [3.8, 4) is 0 Å². The Kier molecular flexibility index (Phi) is 4.32. The Morgan fingerprint density at radius 2 is 1.92 bits per heavy atom. The molecule has 1 heterocycles. The number of benzene rings is 2. The SMILES string of the molecule is CC(=O)N1CCc2cc(S(=O)(=O)N[C@@H]3CCCc4ccccc43)ccc21. The van der Waals surface area contributed by atoms with Crippen molar-refractivity contribution in [1.82, 2.24) is 4.72 Å². The lowest BCUT2D eigenvalue weighted by atomic mass is 9.88. The third-order valence-electron chi connectivity index (χ3n) is 5.30. The first-order valence-corrected chi connectivity index (χ1v) is 10.5. The molecule has 0 spiro atoms. The molecule has 4 rings (SSSR count). The maximum Gasteiger partial charge on any atom is 0.241 e. The van der Waals surface area contributed by atoms with Crippen LogP contribution in [0.5, 0.6) is 0 Å². The van der Waals surface area contributed by atoms with Crippen LogP contribution >= 0.6 is 0 Å². The molecular formula is C20H22N2O3S. The number of rotatable bonds is 3. The van der Waals surface area contributed by atoms with E-state index in [0.29, 0.717) is 13.0 Å². The van der Waals surface area contributed by atoms with Gasteiger partial charge in [-0.25, -0.2) is 13.1 Å². The number of nitrogens with zero attached hydrogens (tertiary/aromatic N) is 1. The standard InChI is InChI=1S/C20H22N2O3S/c1-14(23)22-12-11-16-13-17(9-10-20(16)22)26(24,25)21-19-8-4-6-15-5-2-3-7-18(15)19/h2-3,5,7,9-10,13,19,21H,4,6,8,11-12H2,1H3/t19-/m1/s1. The lowest BCUT2D eigenvalue weighted by molar-refractivity contribution is -0.116. The highest BCUT2D eigenvalue weighted by atomic mass is 32.2. The summed E-state index contributed by atoms with van der Waals surface area (Å²) in [7, 11) is -3.62. The summed E-state index contributed by atoms with van der Waals surface area (Å²) in [6.45, 7) is 2.14. The summed E-state index contributed by atoms with van der Waals surface area (Å²) in [6, 6.07) is 12.9. The van der Waals surface area contributed by atoms with Gasteiger partial charge in [0.2, 0.25) is 15.9 Å². The first-order valence-electron chi connectivity index (χ1n) is 8.97. The topological polar surface area (TPSA) is 66.5 Å². The number of aryl methyl sites for hydroxylation is 1. The summed E-state index contributed by atoms with van der Waals surface area (Å²) < 4.78 is 28.8. The summed E-state index contributed by atoms with van der Waals surface area (Å²) in [5.74, 6) is -0.0173. The van der Waals surface area contributed by atoms with Crippen LogP contribution in [-0.2, 0) is 27.7 Å². The smallest absolute Gasteiger partial charge is 0.241 e. The van der Waals surface area contributed by atoms with Crippen molar-refractivity contribution in [2.75, 3.05) is 11.4 Å². The van der Waals surface area contributed by atoms with E-state index in [-0.39, 0.29) is 16.8 Å². The predicted molar refractivity (Wildman–Crippen MR) is 101 cm³/mol. The van der Waals surface area contributed by atoms with Crippen LogP contribution in [0.25, 0.3) is 0 Å². The van der Waals surface area contributed by atoms with Crippen LogP contribution < -0.4 is 9.62 Å². The molecule has 2 aliphatic rings. The summed E-state index contributed by atoms with van der Waals surface area (Å²) in [5, 5.41) is 0. The third-order valence-corrected chi connectivity index (χ3v) is 6.77. The van der Waals surface area contributed by atoms with Gasteiger partial charge in [-0.2, -0.15) is 0 Å². The Labute approximate surface area is 154 Å². The molecule has 0 radical (unpaired) electrons. The molecule has 2 aromatic carbocycles. The Bertz CT molecular complexity index is 969. The van der Waals surface area contributed by atoms with E-state index < -0.39 is 10.0 Å². The third kappa shape index (κ3) is 3.04. The molecule has 0 saturated heterocycles. The van der Waals surface area contributed by atoms with Crippen LogP contribution in [0.2, 0.25) is 0 Å². The average Bonchev–Trinajstić information content (AvgIpc) is 3.05. The van der Waals surface area contributed by atoms with Gasteiger partial charge in [-0.1, -0.05) is 24.3 Å². The van der Waals surface area contributed by atoms with Crippen LogP contribution in [0.1, 0.15) is 42.5 Å². The van der Waals surface area contributed by atoms with Crippen LogP contribution in [-0.4, -0.2) is 20.9 Å². The van der Waals surface area contributed by atoms with Crippen molar-refractivity contribution in [2.45, 2.75) is 43.5 Å². The molecule has 6 heteroatoms. The maximum atomic E-state index is 12.9. The van der Waals surface area contributed by atoms with Crippen molar-refractivity contribution >= 4 is 21.6 Å². The molecule has 2 aromatic rings. The molecule has 0 bridgehead atoms. The van der Waals surface area contributed by atoms with Gasteiger partial charge in [0.1, 0.15) is 0 Å². The molecule has 0 saturated carbocycles. The number of fused-ring (bicyclic) bond motifs is 2. The zero-order chi connectivity index (χ0) is 18.3. The van der Waals surface area contributed by atoms with Crippen LogP contribution in [0.15, 0.2) is 47.4 Å². The van der Waals surface area contributed by atoms with E-state index in [0.717, 1.165) is 36.1 Å². The first kappa shape index (κ1) is 17.2. The number of amides is 1. The van der Waals surface area contributed by atoms with E-state index in [4.69, 9.17) is 0 Å². The quantitative estimate of drug-likeness (QED) is 0.903. The van der Waals surface area contributed by atoms with Gasteiger partial charge in [-0.3, -0.25) is 4.79 Å². The van der Waals surface area contributed by atoms with Gasteiger partial charge in [0.15, 0.2) is 0 Å². The Morgan fingerprint density at radius 3 is 2.73 bits per heavy atom. The molecule has 0 fully saturated rings. The summed E-state index contributed by atoms with van der Waals surface area (Å²) in [5.41, 5.74) is 4.02. The molecule has 136 valence electrons. The maximum absolute atomic E-state index is 12.9. The number of hydrogen-bond acceptors (Lipinski definition) is 3. The first-order chi connectivity index (χ1) is 12.5. The molecule has 1 amide bonds. The minimum atomic E-state index is -3.62. The number of hydrogen-bond donors (Lipinski definition) is 1. The number of anilines is 1. The highest BCUT2D eigenvalue weighted by molar-refractivity contribution is 7.89. The lowest BCUT2D eigenvalue weighted by Crippen LogP contribution is -2.31. The largest absolute Gasteiger partial charge is 0.312 e.